The molecule has 0 saturated carbocycles. The Hall–Kier alpha value is -0.920. The molecule has 1 rings (SSSR count). The Bertz CT molecular complexity index is 149. The highest BCUT2D eigenvalue weighted by molar-refractivity contribution is 5.05. The minimum absolute atomic E-state index is 0.972. The Balaban J connectivity index is 2.21. The summed E-state index contributed by atoms with van der Waals surface area (Å²) in [6.45, 7) is 3.18. The topological polar surface area (TPSA) is 21.3 Å². The second-order valence-electron chi connectivity index (χ2n) is 2.28. The molecule has 0 fully saturated rings. The summed E-state index contributed by atoms with van der Waals surface area (Å²) in [7, 11) is 0. The fourth-order valence-corrected chi connectivity index (χ4v) is 0.800. The Kier molecular flexibility index (Phi) is 2.87. The van der Waals surface area contributed by atoms with Crippen molar-refractivity contribution in [2.24, 2.45) is 0 Å². The summed E-state index contributed by atoms with van der Waals surface area (Å²) in [5.41, 5.74) is 1.17. The van der Waals surface area contributed by atoms with Crippen LogP contribution in [-0.2, 0) is 4.74 Å². The van der Waals surface area contributed by atoms with Crippen molar-refractivity contribution in [3.8, 4) is 0 Å². The van der Waals surface area contributed by atoms with E-state index in [2.05, 4.69) is 12.2 Å². The summed E-state index contributed by atoms with van der Waals surface area (Å²) in [6, 6.07) is 0. The summed E-state index contributed by atoms with van der Waals surface area (Å²) in [5, 5.41) is 3.26. The van der Waals surface area contributed by atoms with Gasteiger partial charge in [-0.3, -0.25) is 0 Å². The van der Waals surface area contributed by atoms with E-state index < -0.39 is 0 Å². The van der Waals surface area contributed by atoms with E-state index in [1.165, 1.54) is 5.70 Å². The SMILES string of the molecule is CCCNC1=COC=CC1. The van der Waals surface area contributed by atoms with E-state index in [-0.39, 0.29) is 0 Å². The Labute approximate surface area is 61.6 Å². The van der Waals surface area contributed by atoms with Crippen molar-refractivity contribution in [2.45, 2.75) is 19.8 Å². The number of nitrogens with one attached hydrogen (secondary N) is 1. The van der Waals surface area contributed by atoms with Crippen molar-refractivity contribution in [1.82, 2.24) is 5.32 Å². The Morgan fingerprint density at radius 2 is 2.60 bits per heavy atom. The fraction of sp³-hybridized carbons (Fsp3) is 0.500. The predicted molar refractivity (Wildman–Crippen MR) is 41.2 cm³/mol. The molecule has 0 saturated heterocycles. The number of ether oxygens (including phenoxy) is 1. The molecule has 0 radical (unpaired) electrons. The largest absolute Gasteiger partial charge is 0.471 e. The van der Waals surface area contributed by atoms with Crippen LogP contribution in [0.5, 0.6) is 0 Å². The molecule has 1 aliphatic heterocycles. The smallest absolute Gasteiger partial charge is 0.109 e. The van der Waals surface area contributed by atoms with Crippen LogP contribution >= 0.6 is 0 Å². The normalized spacial score (nSPS) is 15.9. The summed E-state index contributed by atoms with van der Waals surface area (Å²) >= 11 is 0. The van der Waals surface area contributed by atoms with Crippen LogP contribution in [0.4, 0.5) is 0 Å². The fourth-order valence-electron chi connectivity index (χ4n) is 0.800. The Morgan fingerprint density at radius 1 is 1.70 bits per heavy atom. The molecule has 56 valence electrons. The molecule has 0 spiro atoms. The monoisotopic (exact) mass is 139 g/mol. The van der Waals surface area contributed by atoms with Gasteiger partial charge in [-0.2, -0.15) is 0 Å². The second kappa shape index (κ2) is 3.99. The van der Waals surface area contributed by atoms with Gasteiger partial charge in [0.2, 0.25) is 0 Å². The summed E-state index contributed by atoms with van der Waals surface area (Å²) in [6.07, 6.45) is 7.59. The molecule has 1 N–H and O–H groups in total. The molecule has 1 heterocycles. The average Bonchev–Trinajstić information content (AvgIpc) is 2.03. The first-order valence-corrected chi connectivity index (χ1v) is 3.67. The van der Waals surface area contributed by atoms with Crippen molar-refractivity contribution in [3.05, 3.63) is 24.3 Å². The van der Waals surface area contributed by atoms with Gasteiger partial charge in [-0.1, -0.05) is 6.92 Å². The molecule has 1 aliphatic rings. The average molecular weight is 139 g/mol. The van der Waals surface area contributed by atoms with Gasteiger partial charge < -0.3 is 10.1 Å². The van der Waals surface area contributed by atoms with Gasteiger partial charge in [0.15, 0.2) is 0 Å². The number of hydrogen-bond donors (Lipinski definition) is 1. The zero-order valence-corrected chi connectivity index (χ0v) is 6.26. The van der Waals surface area contributed by atoms with Gasteiger partial charge in [0.05, 0.1) is 12.0 Å². The molecular weight excluding hydrogens is 126 g/mol. The lowest BCUT2D eigenvalue weighted by molar-refractivity contribution is 0.381. The van der Waals surface area contributed by atoms with E-state index in [0.29, 0.717) is 0 Å². The first-order valence-electron chi connectivity index (χ1n) is 3.67. The zero-order chi connectivity index (χ0) is 7.23. The first-order chi connectivity index (χ1) is 4.93. The lowest BCUT2D eigenvalue weighted by Crippen LogP contribution is -2.14. The van der Waals surface area contributed by atoms with Gasteiger partial charge in [-0.15, -0.1) is 0 Å². The molecule has 0 aliphatic carbocycles. The molecule has 0 aromatic heterocycles. The summed E-state index contributed by atoms with van der Waals surface area (Å²) in [4.78, 5) is 0. The molecule has 0 atom stereocenters. The van der Waals surface area contributed by atoms with Gasteiger partial charge in [-0.05, 0) is 12.5 Å². The molecule has 2 nitrogen and oxygen atoms in total. The van der Waals surface area contributed by atoms with Gasteiger partial charge in [-0.25, -0.2) is 0 Å². The van der Waals surface area contributed by atoms with E-state index >= 15 is 0 Å². The number of hydrogen-bond acceptors (Lipinski definition) is 2. The van der Waals surface area contributed by atoms with E-state index in [0.717, 1.165) is 19.4 Å². The summed E-state index contributed by atoms with van der Waals surface area (Å²) in [5.74, 6) is 0. The van der Waals surface area contributed by atoms with Crippen molar-refractivity contribution < 1.29 is 4.74 Å². The van der Waals surface area contributed by atoms with Crippen molar-refractivity contribution in [3.63, 3.8) is 0 Å². The lowest BCUT2D eigenvalue weighted by Gasteiger charge is -2.09. The molecule has 10 heavy (non-hydrogen) atoms. The van der Waals surface area contributed by atoms with Crippen LogP contribution < -0.4 is 5.32 Å². The van der Waals surface area contributed by atoms with E-state index in [9.17, 15) is 0 Å². The first kappa shape index (κ1) is 7.19. The molecule has 2 heteroatoms. The summed E-state index contributed by atoms with van der Waals surface area (Å²) < 4.78 is 4.97. The zero-order valence-electron chi connectivity index (χ0n) is 6.26. The van der Waals surface area contributed by atoms with Crippen LogP contribution in [0, 0.1) is 0 Å². The minimum atomic E-state index is 0.972. The highest BCUT2D eigenvalue weighted by Crippen LogP contribution is 2.04. The minimum Gasteiger partial charge on any atom is -0.471 e. The third kappa shape index (κ3) is 2.13. The maximum absolute atomic E-state index is 4.97. The van der Waals surface area contributed by atoms with Crippen LogP contribution in [0.3, 0.4) is 0 Å². The quantitative estimate of drug-likeness (QED) is 0.643. The number of rotatable bonds is 3. The van der Waals surface area contributed by atoms with Crippen LogP contribution in [0.25, 0.3) is 0 Å². The van der Waals surface area contributed by atoms with Crippen molar-refractivity contribution in [2.75, 3.05) is 6.54 Å². The highest BCUT2D eigenvalue weighted by atomic mass is 16.5. The van der Waals surface area contributed by atoms with Crippen molar-refractivity contribution >= 4 is 0 Å². The number of allylic oxidation sites excluding steroid dienone is 1. The molecule has 0 bridgehead atoms. The van der Waals surface area contributed by atoms with Crippen LogP contribution in [-0.4, -0.2) is 6.54 Å². The van der Waals surface area contributed by atoms with E-state index in [4.69, 9.17) is 4.74 Å². The van der Waals surface area contributed by atoms with E-state index in [1.54, 1.807) is 12.5 Å². The highest BCUT2D eigenvalue weighted by Gasteiger charge is 1.96. The molecular formula is C8H13NO. The molecule has 0 unspecified atom stereocenters. The van der Waals surface area contributed by atoms with Gasteiger partial charge in [0.25, 0.3) is 0 Å². The lowest BCUT2D eigenvalue weighted by atomic mass is 10.3. The van der Waals surface area contributed by atoms with Crippen LogP contribution in [0.1, 0.15) is 19.8 Å². The van der Waals surface area contributed by atoms with E-state index in [1.807, 2.05) is 6.08 Å². The maximum Gasteiger partial charge on any atom is 0.109 e. The second-order valence-corrected chi connectivity index (χ2v) is 2.28. The Morgan fingerprint density at radius 3 is 3.20 bits per heavy atom. The van der Waals surface area contributed by atoms with Gasteiger partial charge in [0, 0.05) is 13.0 Å². The van der Waals surface area contributed by atoms with Gasteiger partial charge >= 0.3 is 0 Å². The molecule has 0 aromatic carbocycles. The third-order valence-electron chi connectivity index (χ3n) is 1.32. The van der Waals surface area contributed by atoms with Gasteiger partial charge in [0.1, 0.15) is 6.26 Å². The maximum atomic E-state index is 4.97. The van der Waals surface area contributed by atoms with Crippen molar-refractivity contribution in [1.29, 1.82) is 0 Å². The molecule has 0 aromatic rings. The molecule has 0 amide bonds. The predicted octanol–water partition coefficient (Wildman–Crippen LogP) is 1.76. The standard InChI is InChI=1S/C8H13NO/c1-2-5-9-8-4-3-6-10-7-8/h3,6-7,9H,2,4-5H2,1H3. The van der Waals surface area contributed by atoms with Crippen LogP contribution in [0.2, 0.25) is 0 Å². The third-order valence-corrected chi connectivity index (χ3v) is 1.32. The van der Waals surface area contributed by atoms with Crippen LogP contribution in [0.15, 0.2) is 24.3 Å².